The fourth-order valence-electron chi connectivity index (χ4n) is 1.76. The Kier molecular flexibility index (Phi) is 3.96. The third-order valence-electron chi connectivity index (χ3n) is 2.85. The fraction of sp³-hybridized carbons (Fsp3) is 0.143. The van der Waals surface area contributed by atoms with Crippen LogP contribution in [-0.4, -0.2) is 5.11 Å². The first kappa shape index (κ1) is 14.1. The summed E-state index contributed by atoms with van der Waals surface area (Å²) in [7, 11) is 0. The number of hydrogen-bond donors (Lipinski definition) is 1. The molecule has 0 heterocycles. The van der Waals surface area contributed by atoms with Gasteiger partial charge in [-0.25, -0.2) is 13.2 Å². The first-order valence-corrected chi connectivity index (χ1v) is 6.28. The van der Waals surface area contributed by atoms with Crippen LogP contribution in [0.2, 0.25) is 0 Å². The van der Waals surface area contributed by atoms with Gasteiger partial charge >= 0.3 is 0 Å². The van der Waals surface area contributed by atoms with E-state index in [0.717, 1.165) is 6.07 Å². The van der Waals surface area contributed by atoms with Gasteiger partial charge in [-0.05, 0) is 30.7 Å². The van der Waals surface area contributed by atoms with Crippen LogP contribution in [0.4, 0.5) is 13.2 Å². The van der Waals surface area contributed by atoms with E-state index in [-0.39, 0.29) is 16.7 Å². The molecule has 0 spiro atoms. The van der Waals surface area contributed by atoms with E-state index in [1.54, 1.807) is 0 Å². The minimum atomic E-state index is -1.44. The maximum absolute atomic E-state index is 13.8. The zero-order valence-corrected chi connectivity index (χ0v) is 11.5. The van der Waals surface area contributed by atoms with Gasteiger partial charge in [-0.3, -0.25) is 0 Å². The summed E-state index contributed by atoms with van der Waals surface area (Å²) >= 11 is 3.14. The van der Waals surface area contributed by atoms with Crippen molar-refractivity contribution in [3.05, 3.63) is 68.9 Å². The van der Waals surface area contributed by atoms with Gasteiger partial charge < -0.3 is 5.11 Å². The lowest BCUT2D eigenvalue weighted by Gasteiger charge is -2.15. The molecule has 0 bridgehead atoms. The van der Waals surface area contributed by atoms with Gasteiger partial charge in [0.2, 0.25) is 0 Å². The van der Waals surface area contributed by atoms with E-state index in [9.17, 15) is 18.3 Å². The Bertz CT molecular complexity index is 628. The van der Waals surface area contributed by atoms with E-state index < -0.39 is 23.6 Å². The topological polar surface area (TPSA) is 20.2 Å². The molecule has 1 N–H and O–H groups in total. The van der Waals surface area contributed by atoms with Crippen LogP contribution in [0.15, 0.2) is 34.8 Å². The number of aliphatic hydroxyl groups excluding tert-OH is 1. The van der Waals surface area contributed by atoms with Crippen LogP contribution in [-0.2, 0) is 0 Å². The maximum atomic E-state index is 13.8. The quantitative estimate of drug-likeness (QED) is 0.872. The van der Waals surface area contributed by atoms with Gasteiger partial charge in [0.1, 0.15) is 11.9 Å². The molecule has 0 saturated heterocycles. The molecule has 19 heavy (non-hydrogen) atoms. The highest BCUT2D eigenvalue weighted by molar-refractivity contribution is 9.10. The Hall–Kier alpha value is -1.33. The summed E-state index contributed by atoms with van der Waals surface area (Å²) in [4.78, 5) is 0. The predicted molar refractivity (Wildman–Crippen MR) is 69.3 cm³/mol. The molecule has 0 aliphatic heterocycles. The average Bonchev–Trinajstić information content (AvgIpc) is 2.38. The van der Waals surface area contributed by atoms with Crippen molar-refractivity contribution in [3.8, 4) is 0 Å². The average molecular weight is 331 g/mol. The summed E-state index contributed by atoms with van der Waals surface area (Å²) in [5.74, 6) is -2.70. The number of aryl methyl sites for hydroxylation is 1. The molecule has 5 heteroatoms. The molecule has 0 aliphatic carbocycles. The molecule has 0 aliphatic rings. The second-order valence-electron chi connectivity index (χ2n) is 4.17. The maximum Gasteiger partial charge on any atom is 0.165 e. The van der Waals surface area contributed by atoms with Gasteiger partial charge in [-0.15, -0.1) is 0 Å². The second-order valence-corrected chi connectivity index (χ2v) is 5.02. The van der Waals surface area contributed by atoms with Gasteiger partial charge in [0.15, 0.2) is 11.6 Å². The molecule has 1 unspecified atom stereocenters. The molecule has 2 rings (SSSR count). The van der Waals surface area contributed by atoms with E-state index >= 15 is 0 Å². The third kappa shape index (κ3) is 2.67. The molecule has 0 saturated carbocycles. The van der Waals surface area contributed by atoms with Crippen molar-refractivity contribution < 1.29 is 18.3 Å². The number of aliphatic hydroxyl groups is 1. The van der Waals surface area contributed by atoms with Crippen LogP contribution in [0.3, 0.4) is 0 Å². The molecule has 0 radical (unpaired) electrons. The Morgan fingerprint density at radius 2 is 1.68 bits per heavy atom. The normalized spacial score (nSPS) is 12.5. The van der Waals surface area contributed by atoms with Crippen LogP contribution >= 0.6 is 15.9 Å². The number of rotatable bonds is 2. The minimum absolute atomic E-state index is 0.141. The van der Waals surface area contributed by atoms with E-state index in [1.165, 1.54) is 31.2 Å². The van der Waals surface area contributed by atoms with Crippen LogP contribution in [0.1, 0.15) is 22.8 Å². The van der Waals surface area contributed by atoms with Crippen LogP contribution in [0.25, 0.3) is 0 Å². The molecule has 100 valence electrons. The highest BCUT2D eigenvalue weighted by atomic mass is 79.9. The van der Waals surface area contributed by atoms with E-state index in [0.29, 0.717) is 4.47 Å². The summed E-state index contributed by atoms with van der Waals surface area (Å²) in [6.07, 6.45) is -1.44. The SMILES string of the molecule is Cc1ccc(C(O)c2cc(F)ccc2Br)c(F)c1F. The monoisotopic (exact) mass is 330 g/mol. The first-order chi connectivity index (χ1) is 8.91. The smallest absolute Gasteiger partial charge is 0.165 e. The molecule has 2 aromatic rings. The van der Waals surface area contributed by atoms with Crippen LogP contribution in [0, 0.1) is 24.4 Å². The van der Waals surface area contributed by atoms with Crippen molar-refractivity contribution in [2.45, 2.75) is 13.0 Å². The Morgan fingerprint density at radius 1 is 1.00 bits per heavy atom. The molecular weight excluding hydrogens is 321 g/mol. The Morgan fingerprint density at radius 3 is 2.37 bits per heavy atom. The zero-order chi connectivity index (χ0) is 14.2. The van der Waals surface area contributed by atoms with Gasteiger partial charge in [0.25, 0.3) is 0 Å². The molecule has 2 aromatic carbocycles. The molecule has 0 aromatic heterocycles. The standard InChI is InChI=1S/C14H10BrF3O/c1-7-2-4-9(13(18)12(7)17)14(19)10-6-8(16)3-5-11(10)15/h2-6,14,19H,1H3. The Balaban J connectivity index is 2.53. The number of hydrogen-bond acceptors (Lipinski definition) is 1. The summed E-state index contributed by atoms with van der Waals surface area (Å²) in [6.45, 7) is 1.42. The number of benzene rings is 2. The number of halogens is 4. The molecular formula is C14H10BrF3O. The first-order valence-electron chi connectivity index (χ1n) is 5.49. The van der Waals surface area contributed by atoms with E-state index in [1.807, 2.05) is 0 Å². The molecule has 1 nitrogen and oxygen atoms in total. The van der Waals surface area contributed by atoms with E-state index in [2.05, 4.69) is 15.9 Å². The summed E-state index contributed by atoms with van der Waals surface area (Å²) in [6, 6.07) is 6.33. The lowest BCUT2D eigenvalue weighted by molar-refractivity contribution is 0.212. The largest absolute Gasteiger partial charge is 0.384 e. The van der Waals surface area contributed by atoms with Gasteiger partial charge in [0.05, 0.1) is 0 Å². The highest BCUT2D eigenvalue weighted by Gasteiger charge is 2.21. The second kappa shape index (κ2) is 5.35. The molecule has 0 amide bonds. The zero-order valence-electron chi connectivity index (χ0n) is 9.92. The lowest BCUT2D eigenvalue weighted by atomic mass is 9.99. The summed E-state index contributed by atoms with van der Waals surface area (Å²) < 4.78 is 40.8. The van der Waals surface area contributed by atoms with Crippen molar-refractivity contribution >= 4 is 15.9 Å². The predicted octanol–water partition coefficient (Wildman–Crippen LogP) is 4.26. The fourth-order valence-corrected chi connectivity index (χ4v) is 2.23. The Labute approximate surface area is 116 Å². The van der Waals surface area contributed by atoms with Gasteiger partial charge in [0, 0.05) is 15.6 Å². The summed E-state index contributed by atoms with van der Waals surface area (Å²) in [5, 5.41) is 10.1. The van der Waals surface area contributed by atoms with Crippen LogP contribution in [0.5, 0.6) is 0 Å². The van der Waals surface area contributed by atoms with E-state index in [4.69, 9.17) is 0 Å². The third-order valence-corrected chi connectivity index (χ3v) is 3.57. The summed E-state index contributed by atoms with van der Waals surface area (Å²) in [5.41, 5.74) is 0.0586. The minimum Gasteiger partial charge on any atom is -0.384 e. The van der Waals surface area contributed by atoms with Crippen molar-refractivity contribution in [2.24, 2.45) is 0 Å². The highest BCUT2D eigenvalue weighted by Crippen LogP contribution is 2.31. The lowest BCUT2D eigenvalue weighted by Crippen LogP contribution is -2.06. The van der Waals surface area contributed by atoms with Crippen molar-refractivity contribution in [3.63, 3.8) is 0 Å². The van der Waals surface area contributed by atoms with Crippen molar-refractivity contribution in [1.29, 1.82) is 0 Å². The van der Waals surface area contributed by atoms with Crippen molar-refractivity contribution in [2.75, 3.05) is 0 Å². The van der Waals surface area contributed by atoms with Gasteiger partial charge in [-0.1, -0.05) is 28.1 Å². The van der Waals surface area contributed by atoms with Crippen molar-refractivity contribution in [1.82, 2.24) is 0 Å². The molecule has 1 atom stereocenters. The van der Waals surface area contributed by atoms with Crippen LogP contribution < -0.4 is 0 Å². The van der Waals surface area contributed by atoms with Gasteiger partial charge in [-0.2, -0.15) is 0 Å². The molecule has 0 fully saturated rings.